The minimum Gasteiger partial charge on any atom is -0.481 e. The molecule has 25 heavy (non-hydrogen) atoms. The molecule has 0 aliphatic rings. The number of allylic oxidation sites excluding steroid dienone is 6. The number of carboxylic acid groups (broad SMARTS) is 1. The molecule has 0 rings (SSSR count). The van der Waals surface area contributed by atoms with E-state index in [1.54, 1.807) is 12.2 Å². The summed E-state index contributed by atoms with van der Waals surface area (Å²) in [5.74, 6) is -0.769. The molecule has 0 aromatic carbocycles. The summed E-state index contributed by atoms with van der Waals surface area (Å²) < 4.78 is 0. The Morgan fingerprint density at radius 3 is 2.44 bits per heavy atom. The minimum atomic E-state index is -0.769. The molecule has 0 amide bonds. The van der Waals surface area contributed by atoms with Gasteiger partial charge in [0.1, 0.15) is 0 Å². The van der Waals surface area contributed by atoms with Crippen LogP contribution in [0.5, 0.6) is 0 Å². The Balaban J connectivity index is 4.00. The van der Waals surface area contributed by atoms with E-state index in [0.717, 1.165) is 25.7 Å². The summed E-state index contributed by atoms with van der Waals surface area (Å²) in [5, 5.41) is 19.5. The molecule has 140 valence electrons. The van der Waals surface area contributed by atoms with Crippen LogP contribution in [0.4, 0.5) is 0 Å². The highest BCUT2D eigenvalue weighted by Gasteiger charge is 2.12. The van der Waals surface area contributed by atoms with Crippen molar-refractivity contribution in [1.82, 2.24) is 0 Å². The molecule has 0 spiro atoms. The average molecular weight is 349 g/mol. The Kier molecular flexibility index (Phi) is 15.2. The molecule has 0 aromatic rings. The van der Waals surface area contributed by atoms with Gasteiger partial charge in [-0.25, -0.2) is 0 Å². The zero-order valence-electron chi connectivity index (χ0n) is 15.2. The topological polar surface area (TPSA) is 80.4 Å². The van der Waals surface area contributed by atoms with Gasteiger partial charge >= 0.3 is 5.97 Å². The lowest BCUT2D eigenvalue weighted by Gasteiger charge is -2.00. The van der Waals surface area contributed by atoms with E-state index in [4.69, 9.17) is 5.11 Å². The maximum absolute atomic E-state index is 11.0. The van der Waals surface area contributed by atoms with Gasteiger partial charge in [-0.1, -0.05) is 62.3 Å². The quantitative estimate of drug-likeness (QED) is 0.140. The van der Waals surface area contributed by atoms with Gasteiger partial charge in [-0.15, -0.1) is 0 Å². The highest BCUT2D eigenvalue weighted by atomic mass is 16.6. The van der Waals surface area contributed by atoms with E-state index in [0.29, 0.717) is 12.8 Å². The molecule has 1 atom stereocenters. The first-order valence-electron chi connectivity index (χ1n) is 9.06. The third-order valence-corrected chi connectivity index (χ3v) is 3.57. The molecule has 0 bridgehead atoms. The lowest BCUT2D eigenvalue weighted by molar-refractivity contribution is -0.508. The highest BCUT2D eigenvalue weighted by molar-refractivity contribution is 5.66. The average Bonchev–Trinajstić information content (AvgIpc) is 2.57. The van der Waals surface area contributed by atoms with Gasteiger partial charge in [0.15, 0.2) is 0 Å². The molecule has 5 nitrogen and oxygen atoms in total. The van der Waals surface area contributed by atoms with Crippen molar-refractivity contribution in [3.05, 3.63) is 58.7 Å². The Hall–Kier alpha value is -2.17. The number of carboxylic acids is 1. The molecule has 0 aliphatic carbocycles. The zero-order chi connectivity index (χ0) is 18.8. The van der Waals surface area contributed by atoms with Crippen molar-refractivity contribution in [1.29, 1.82) is 0 Å². The summed E-state index contributed by atoms with van der Waals surface area (Å²) in [4.78, 5) is 21.1. The fourth-order valence-electron chi connectivity index (χ4n) is 2.11. The number of carbonyl (C=O) groups is 1. The molecule has 1 unspecified atom stereocenters. The van der Waals surface area contributed by atoms with Crippen LogP contribution in [0.25, 0.3) is 0 Å². The largest absolute Gasteiger partial charge is 0.481 e. The van der Waals surface area contributed by atoms with Crippen molar-refractivity contribution >= 4 is 5.97 Å². The summed E-state index contributed by atoms with van der Waals surface area (Å²) in [6.07, 6.45) is 22.2. The van der Waals surface area contributed by atoms with Gasteiger partial charge in [0.25, 0.3) is 0 Å². The number of unbranched alkanes of at least 4 members (excludes halogenated alkanes) is 4. The van der Waals surface area contributed by atoms with E-state index < -0.39 is 12.0 Å². The summed E-state index contributed by atoms with van der Waals surface area (Å²) in [7, 11) is 0. The summed E-state index contributed by atoms with van der Waals surface area (Å²) in [6, 6.07) is -0.682. The van der Waals surface area contributed by atoms with Crippen LogP contribution in [-0.2, 0) is 4.79 Å². The maximum atomic E-state index is 11.0. The maximum Gasteiger partial charge on any atom is 0.303 e. The molecule has 0 saturated heterocycles. The Morgan fingerprint density at radius 2 is 1.76 bits per heavy atom. The fourth-order valence-corrected chi connectivity index (χ4v) is 2.11. The standard InChI is InChI=1S/C20H31NO4/c1-2-3-4-5-10-13-16-19(21(24)25)17-14-11-8-6-7-9-12-15-18-20(22)23/h7-11,13-14,17,19H,2-6,12,15-16,18H2,1H3,(H,22,23). The van der Waals surface area contributed by atoms with E-state index in [9.17, 15) is 14.9 Å². The van der Waals surface area contributed by atoms with Crippen LogP contribution < -0.4 is 0 Å². The number of hydrogen-bond donors (Lipinski definition) is 1. The van der Waals surface area contributed by atoms with E-state index in [1.807, 2.05) is 36.5 Å². The van der Waals surface area contributed by atoms with E-state index in [1.165, 1.54) is 12.8 Å². The van der Waals surface area contributed by atoms with Gasteiger partial charge in [0, 0.05) is 17.8 Å². The second kappa shape index (κ2) is 16.7. The predicted molar refractivity (Wildman–Crippen MR) is 102 cm³/mol. The third-order valence-electron chi connectivity index (χ3n) is 3.57. The van der Waals surface area contributed by atoms with Crippen LogP contribution in [0, 0.1) is 10.1 Å². The molecule has 0 saturated carbocycles. The first-order chi connectivity index (χ1) is 12.1. The van der Waals surface area contributed by atoms with Crippen molar-refractivity contribution < 1.29 is 14.8 Å². The smallest absolute Gasteiger partial charge is 0.303 e. The van der Waals surface area contributed by atoms with Crippen molar-refractivity contribution in [3.63, 3.8) is 0 Å². The normalized spacial score (nSPS) is 13.5. The van der Waals surface area contributed by atoms with Crippen molar-refractivity contribution in [3.8, 4) is 0 Å². The first kappa shape index (κ1) is 22.8. The van der Waals surface area contributed by atoms with Crippen LogP contribution in [-0.4, -0.2) is 22.0 Å². The van der Waals surface area contributed by atoms with Crippen molar-refractivity contribution in [2.24, 2.45) is 0 Å². The number of nitrogens with zero attached hydrogens (tertiary/aromatic N) is 1. The zero-order valence-corrected chi connectivity index (χ0v) is 15.2. The van der Waals surface area contributed by atoms with Crippen molar-refractivity contribution in [2.45, 2.75) is 70.8 Å². The predicted octanol–water partition coefficient (Wildman–Crippen LogP) is 5.47. The molecule has 5 heteroatoms. The van der Waals surface area contributed by atoms with E-state index in [2.05, 4.69) is 6.92 Å². The van der Waals surface area contributed by atoms with Crippen LogP contribution in [0.2, 0.25) is 0 Å². The number of rotatable bonds is 15. The van der Waals surface area contributed by atoms with E-state index in [-0.39, 0.29) is 11.3 Å². The lowest BCUT2D eigenvalue weighted by Crippen LogP contribution is -2.15. The second-order valence-electron chi connectivity index (χ2n) is 5.86. The van der Waals surface area contributed by atoms with Gasteiger partial charge in [-0.2, -0.15) is 0 Å². The van der Waals surface area contributed by atoms with Gasteiger partial charge in [0.05, 0.1) is 0 Å². The molecule has 0 fully saturated rings. The fraction of sp³-hybridized carbons (Fsp3) is 0.550. The van der Waals surface area contributed by atoms with Gasteiger partial charge in [-0.3, -0.25) is 14.9 Å². The first-order valence-corrected chi connectivity index (χ1v) is 9.06. The van der Waals surface area contributed by atoms with Gasteiger partial charge < -0.3 is 5.11 Å². The molecular weight excluding hydrogens is 318 g/mol. The number of aliphatic carboxylic acids is 1. The van der Waals surface area contributed by atoms with Crippen LogP contribution >= 0.6 is 0 Å². The molecule has 0 aromatic heterocycles. The SMILES string of the molecule is CCCCCC=CCC(C=CC=CCC=CCCCC(=O)O)[N+](=O)[O-]. The molecule has 0 radical (unpaired) electrons. The molecule has 0 heterocycles. The summed E-state index contributed by atoms with van der Waals surface area (Å²) in [5.41, 5.74) is 0. The van der Waals surface area contributed by atoms with Crippen LogP contribution in [0.1, 0.15) is 64.7 Å². The second-order valence-corrected chi connectivity index (χ2v) is 5.86. The summed E-state index contributed by atoms with van der Waals surface area (Å²) >= 11 is 0. The number of hydrogen-bond acceptors (Lipinski definition) is 3. The number of nitro groups is 1. The van der Waals surface area contributed by atoms with Crippen LogP contribution in [0.3, 0.4) is 0 Å². The molecular formula is C20H31NO4. The molecule has 0 aliphatic heterocycles. The Morgan fingerprint density at radius 1 is 1.04 bits per heavy atom. The highest BCUT2D eigenvalue weighted by Crippen LogP contribution is 2.05. The van der Waals surface area contributed by atoms with Gasteiger partial charge in [0.2, 0.25) is 6.04 Å². The monoisotopic (exact) mass is 349 g/mol. The van der Waals surface area contributed by atoms with Crippen molar-refractivity contribution in [2.75, 3.05) is 0 Å². The lowest BCUT2D eigenvalue weighted by atomic mass is 10.1. The van der Waals surface area contributed by atoms with Crippen LogP contribution in [0.15, 0.2) is 48.6 Å². The minimum absolute atomic E-state index is 0.193. The summed E-state index contributed by atoms with van der Waals surface area (Å²) in [6.45, 7) is 2.15. The van der Waals surface area contributed by atoms with E-state index >= 15 is 0 Å². The molecule has 1 N–H and O–H groups in total. The third kappa shape index (κ3) is 16.5. The Labute approximate surface area is 151 Å². The van der Waals surface area contributed by atoms with Gasteiger partial charge in [-0.05, 0) is 38.2 Å². The Bertz CT molecular complexity index is 478.